The van der Waals surface area contributed by atoms with Gasteiger partial charge in [0.15, 0.2) is 6.61 Å². The molecule has 6 nitrogen and oxygen atoms in total. The molecule has 1 N–H and O–H groups in total. The van der Waals surface area contributed by atoms with Gasteiger partial charge in [-0.2, -0.15) is 0 Å². The Morgan fingerprint density at radius 3 is 2.54 bits per heavy atom. The zero-order valence-corrected chi connectivity index (χ0v) is 14.8. The van der Waals surface area contributed by atoms with E-state index in [1.165, 1.54) is 0 Å². The highest BCUT2D eigenvalue weighted by atomic mass is 16.5. The lowest BCUT2D eigenvalue weighted by atomic mass is 10.2. The summed E-state index contributed by atoms with van der Waals surface area (Å²) in [5.41, 5.74) is 1.50. The fourth-order valence-electron chi connectivity index (χ4n) is 2.36. The molecule has 0 aliphatic carbocycles. The normalized spacial score (nSPS) is 11.8. The van der Waals surface area contributed by atoms with Gasteiger partial charge in [0.1, 0.15) is 5.75 Å². The van der Waals surface area contributed by atoms with Crippen LogP contribution in [0, 0.1) is 0 Å². The number of nitrogens with zero attached hydrogens (tertiary/aromatic N) is 2. The average Bonchev–Trinajstić information content (AvgIpc) is 3.17. The number of carbonyl (C=O) groups is 1. The summed E-state index contributed by atoms with van der Waals surface area (Å²) < 4.78 is 11.5. The number of hydrogen-bond acceptors (Lipinski definition) is 5. The maximum Gasteiger partial charge on any atom is 0.258 e. The first kappa shape index (κ1) is 17.7. The summed E-state index contributed by atoms with van der Waals surface area (Å²) in [6, 6.07) is 17.0. The van der Waals surface area contributed by atoms with Crippen LogP contribution in [0.5, 0.6) is 5.75 Å². The zero-order chi connectivity index (χ0) is 18.4. The Bertz CT molecular complexity index is 862. The van der Waals surface area contributed by atoms with Crippen LogP contribution in [0.3, 0.4) is 0 Å². The molecule has 1 amide bonds. The predicted molar refractivity (Wildman–Crippen MR) is 98.6 cm³/mol. The molecule has 6 heteroatoms. The molecular weight excluding hydrogens is 330 g/mol. The second kappa shape index (κ2) is 8.29. The topological polar surface area (TPSA) is 77.2 Å². The van der Waals surface area contributed by atoms with E-state index in [1.807, 2.05) is 62.4 Å². The lowest BCUT2D eigenvalue weighted by Crippen LogP contribution is -2.35. The van der Waals surface area contributed by atoms with Crippen molar-refractivity contribution in [3.8, 4) is 28.7 Å². The van der Waals surface area contributed by atoms with Crippen molar-refractivity contribution in [1.29, 1.82) is 0 Å². The van der Waals surface area contributed by atoms with E-state index in [-0.39, 0.29) is 18.6 Å². The summed E-state index contributed by atoms with van der Waals surface area (Å²) >= 11 is 0. The van der Waals surface area contributed by atoms with Gasteiger partial charge in [-0.05, 0) is 37.6 Å². The van der Waals surface area contributed by atoms with Gasteiger partial charge in [0.25, 0.3) is 11.8 Å². The molecule has 134 valence electrons. The van der Waals surface area contributed by atoms with Crippen molar-refractivity contribution >= 4 is 5.91 Å². The fraction of sp³-hybridized carbons (Fsp3) is 0.250. The van der Waals surface area contributed by atoms with E-state index < -0.39 is 0 Å². The van der Waals surface area contributed by atoms with Gasteiger partial charge < -0.3 is 14.5 Å². The molecule has 26 heavy (non-hydrogen) atoms. The molecule has 1 unspecified atom stereocenters. The number of hydrogen-bond donors (Lipinski definition) is 1. The van der Waals surface area contributed by atoms with Gasteiger partial charge in [0, 0.05) is 11.6 Å². The summed E-state index contributed by atoms with van der Waals surface area (Å²) in [6.07, 6.45) is 0.868. The number of benzene rings is 2. The number of nitrogens with one attached hydrogen (secondary N) is 1. The van der Waals surface area contributed by atoms with E-state index in [0.29, 0.717) is 23.1 Å². The summed E-state index contributed by atoms with van der Waals surface area (Å²) in [5.74, 6) is 1.14. The molecule has 0 spiro atoms. The van der Waals surface area contributed by atoms with Crippen molar-refractivity contribution in [3.63, 3.8) is 0 Å². The molecule has 3 aromatic rings. The van der Waals surface area contributed by atoms with E-state index >= 15 is 0 Å². The van der Waals surface area contributed by atoms with Gasteiger partial charge in [0.05, 0.1) is 5.56 Å². The summed E-state index contributed by atoms with van der Waals surface area (Å²) in [7, 11) is 0. The molecule has 3 rings (SSSR count). The van der Waals surface area contributed by atoms with Gasteiger partial charge in [-0.3, -0.25) is 4.79 Å². The maximum atomic E-state index is 11.9. The van der Waals surface area contributed by atoms with E-state index in [0.717, 1.165) is 12.0 Å². The van der Waals surface area contributed by atoms with Crippen molar-refractivity contribution in [1.82, 2.24) is 15.5 Å². The third kappa shape index (κ3) is 4.27. The van der Waals surface area contributed by atoms with Crippen LogP contribution in [0.15, 0.2) is 59.0 Å². The third-order valence-electron chi connectivity index (χ3n) is 3.94. The lowest BCUT2D eigenvalue weighted by molar-refractivity contribution is -0.123. The second-order valence-corrected chi connectivity index (χ2v) is 5.94. The number of carbonyl (C=O) groups excluding carboxylic acids is 1. The van der Waals surface area contributed by atoms with Crippen molar-refractivity contribution in [2.45, 2.75) is 26.3 Å². The largest absolute Gasteiger partial charge is 0.483 e. The number of rotatable bonds is 7. The van der Waals surface area contributed by atoms with Crippen LogP contribution < -0.4 is 10.1 Å². The molecule has 1 aromatic heterocycles. The fourth-order valence-corrected chi connectivity index (χ4v) is 2.36. The highest BCUT2D eigenvalue weighted by molar-refractivity contribution is 5.78. The summed E-state index contributed by atoms with van der Waals surface area (Å²) in [6.45, 7) is 3.90. The highest BCUT2D eigenvalue weighted by Crippen LogP contribution is 2.30. The van der Waals surface area contributed by atoms with Crippen molar-refractivity contribution in [2.24, 2.45) is 0 Å². The molecular formula is C20H21N3O3. The Hall–Kier alpha value is -3.15. The molecule has 0 fully saturated rings. The van der Waals surface area contributed by atoms with Crippen molar-refractivity contribution in [3.05, 3.63) is 54.6 Å². The SMILES string of the molecule is CCC(C)NC(=O)COc1ccccc1-c1nnc(-c2ccccc2)o1. The van der Waals surface area contributed by atoms with Crippen LogP contribution in [-0.4, -0.2) is 28.8 Å². The maximum absolute atomic E-state index is 11.9. The first-order chi connectivity index (χ1) is 12.7. The Balaban J connectivity index is 1.75. The summed E-state index contributed by atoms with van der Waals surface area (Å²) in [4.78, 5) is 11.9. The minimum absolute atomic E-state index is 0.0684. The first-order valence-corrected chi connectivity index (χ1v) is 8.58. The quantitative estimate of drug-likeness (QED) is 0.702. The number of para-hydroxylation sites is 1. The van der Waals surface area contributed by atoms with Gasteiger partial charge in [-0.25, -0.2) is 0 Å². The summed E-state index contributed by atoms with van der Waals surface area (Å²) in [5, 5.41) is 11.1. The van der Waals surface area contributed by atoms with E-state index in [2.05, 4.69) is 15.5 Å². The van der Waals surface area contributed by atoms with Crippen LogP contribution in [0.1, 0.15) is 20.3 Å². The first-order valence-electron chi connectivity index (χ1n) is 8.58. The molecule has 1 heterocycles. The zero-order valence-electron chi connectivity index (χ0n) is 14.8. The molecule has 0 saturated heterocycles. The highest BCUT2D eigenvalue weighted by Gasteiger charge is 2.15. The molecule has 0 bridgehead atoms. The van der Waals surface area contributed by atoms with Crippen LogP contribution >= 0.6 is 0 Å². The van der Waals surface area contributed by atoms with Gasteiger partial charge in [0.2, 0.25) is 5.89 Å². The van der Waals surface area contributed by atoms with Crippen molar-refractivity contribution < 1.29 is 13.9 Å². The van der Waals surface area contributed by atoms with Crippen molar-refractivity contribution in [2.75, 3.05) is 6.61 Å². The Morgan fingerprint density at radius 1 is 1.08 bits per heavy atom. The number of amides is 1. The van der Waals surface area contributed by atoms with Crippen LogP contribution in [-0.2, 0) is 4.79 Å². The van der Waals surface area contributed by atoms with Crippen LogP contribution in [0.2, 0.25) is 0 Å². The molecule has 0 saturated carbocycles. The second-order valence-electron chi connectivity index (χ2n) is 5.94. The van der Waals surface area contributed by atoms with E-state index in [9.17, 15) is 4.79 Å². The minimum atomic E-state index is -0.162. The van der Waals surface area contributed by atoms with E-state index in [4.69, 9.17) is 9.15 Å². The average molecular weight is 351 g/mol. The van der Waals surface area contributed by atoms with Gasteiger partial charge in [-0.1, -0.05) is 37.3 Å². The van der Waals surface area contributed by atoms with Gasteiger partial charge in [-0.15, -0.1) is 10.2 Å². The lowest BCUT2D eigenvalue weighted by Gasteiger charge is -2.13. The molecule has 0 aliphatic rings. The Morgan fingerprint density at radius 2 is 1.77 bits per heavy atom. The number of ether oxygens (including phenoxy) is 1. The predicted octanol–water partition coefficient (Wildman–Crippen LogP) is 3.70. The minimum Gasteiger partial charge on any atom is -0.483 e. The molecule has 2 aromatic carbocycles. The third-order valence-corrected chi connectivity index (χ3v) is 3.94. The van der Waals surface area contributed by atoms with E-state index in [1.54, 1.807) is 6.07 Å². The Kier molecular flexibility index (Phi) is 5.63. The Labute approximate surface area is 152 Å². The molecule has 0 radical (unpaired) electrons. The van der Waals surface area contributed by atoms with Crippen LogP contribution in [0.4, 0.5) is 0 Å². The molecule has 1 atom stereocenters. The van der Waals surface area contributed by atoms with Crippen LogP contribution in [0.25, 0.3) is 22.9 Å². The standard InChI is InChI=1S/C20H21N3O3/c1-3-14(2)21-18(24)13-25-17-12-8-7-11-16(17)20-23-22-19(26-20)15-9-5-4-6-10-15/h4-12,14H,3,13H2,1-2H3,(H,21,24). The molecule has 0 aliphatic heterocycles. The van der Waals surface area contributed by atoms with Gasteiger partial charge >= 0.3 is 0 Å². The monoisotopic (exact) mass is 351 g/mol. The smallest absolute Gasteiger partial charge is 0.258 e. The number of aromatic nitrogens is 2.